The van der Waals surface area contributed by atoms with Gasteiger partial charge in [-0.1, -0.05) is 18.2 Å². The van der Waals surface area contributed by atoms with E-state index in [0.29, 0.717) is 11.4 Å². The Labute approximate surface area is 123 Å². The number of nitrogens with one attached hydrogen (secondary N) is 2. The second-order valence-corrected chi connectivity index (χ2v) is 7.80. The van der Waals surface area contributed by atoms with E-state index in [1.165, 1.54) is 36.4 Å². The summed E-state index contributed by atoms with van der Waals surface area (Å²) < 4.78 is 51.1. The normalized spacial score (nSPS) is 11.9. The van der Waals surface area contributed by atoms with Crippen molar-refractivity contribution in [1.82, 2.24) is 0 Å². The van der Waals surface area contributed by atoms with Gasteiger partial charge in [-0.05, 0) is 36.4 Å². The molecule has 0 spiro atoms. The van der Waals surface area contributed by atoms with Gasteiger partial charge in [0.25, 0.3) is 10.0 Å². The second-order valence-electron chi connectivity index (χ2n) is 4.37. The Balaban J connectivity index is 2.17. The molecule has 0 fully saturated rings. The van der Waals surface area contributed by atoms with Gasteiger partial charge in [0.15, 0.2) is 0 Å². The number of hydrogen-bond donors (Lipinski definition) is 2. The number of benzene rings is 2. The highest BCUT2D eigenvalue weighted by molar-refractivity contribution is 7.92. The summed E-state index contributed by atoms with van der Waals surface area (Å²) in [6.07, 6.45) is 1.04. The third-order valence-corrected chi connectivity index (χ3v) is 4.50. The molecule has 0 radical (unpaired) electrons. The molecule has 0 aliphatic carbocycles. The van der Waals surface area contributed by atoms with Gasteiger partial charge in [0.1, 0.15) is 0 Å². The topological polar surface area (TPSA) is 92.3 Å². The van der Waals surface area contributed by atoms with Gasteiger partial charge in [-0.2, -0.15) is 0 Å². The first-order chi connectivity index (χ1) is 9.76. The van der Waals surface area contributed by atoms with E-state index in [9.17, 15) is 16.8 Å². The van der Waals surface area contributed by atoms with E-state index in [0.717, 1.165) is 6.26 Å². The summed E-state index contributed by atoms with van der Waals surface area (Å²) in [5.74, 6) is 0. The Morgan fingerprint density at radius 1 is 0.714 bits per heavy atom. The summed E-state index contributed by atoms with van der Waals surface area (Å²) >= 11 is 0. The van der Waals surface area contributed by atoms with Crippen molar-refractivity contribution in [3.05, 3.63) is 54.6 Å². The highest BCUT2D eigenvalue weighted by atomic mass is 32.2. The first-order valence-corrected chi connectivity index (χ1v) is 9.29. The Bertz CT molecular complexity index is 814. The quantitative estimate of drug-likeness (QED) is 0.877. The van der Waals surface area contributed by atoms with E-state index in [2.05, 4.69) is 9.44 Å². The van der Waals surface area contributed by atoms with Crippen LogP contribution in [-0.2, 0) is 20.0 Å². The molecule has 0 saturated carbocycles. The number of rotatable bonds is 5. The van der Waals surface area contributed by atoms with Gasteiger partial charge in [0.2, 0.25) is 10.0 Å². The molecule has 0 bridgehead atoms. The molecule has 8 heteroatoms. The van der Waals surface area contributed by atoms with Crippen molar-refractivity contribution >= 4 is 31.4 Å². The van der Waals surface area contributed by atoms with Crippen molar-refractivity contribution in [3.63, 3.8) is 0 Å². The molecule has 6 nitrogen and oxygen atoms in total. The van der Waals surface area contributed by atoms with Crippen molar-refractivity contribution in [2.45, 2.75) is 4.90 Å². The third kappa shape index (κ3) is 4.47. The molecule has 2 N–H and O–H groups in total. The third-order valence-electron chi connectivity index (χ3n) is 2.49. The predicted octanol–water partition coefficient (Wildman–Crippen LogP) is 1.86. The van der Waals surface area contributed by atoms with Crippen LogP contribution in [0.15, 0.2) is 59.5 Å². The lowest BCUT2D eigenvalue weighted by atomic mass is 10.3. The zero-order valence-electron chi connectivity index (χ0n) is 11.1. The molecule has 0 unspecified atom stereocenters. The lowest BCUT2D eigenvalue weighted by Gasteiger charge is -2.09. The van der Waals surface area contributed by atoms with Crippen LogP contribution in [0.2, 0.25) is 0 Å². The van der Waals surface area contributed by atoms with Crippen LogP contribution in [0.1, 0.15) is 0 Å². The molecule has 0 amide bonds. The highest BCUT2D eigenvalue weighted by Gasteiger charge is 2.13. The van der Waals surface area contributed by atoms with Crippen LogP contribution < -0.4 is 9.44 Å². The van der Waals surface area contributed by atoms with E-state index in [1.807, 2.05) is 0 Å². The van der Waals surface area contributed by atoms with Crippen LogP contribution in [0.4, 0.5) is 11.4 Å². The molecule has 112 valence electrons. The SMILES string of the molecule is CS(=O)(=O)Nc1ccc(NS(=O)(=O)c2ccccc2)cc1. The number of anilines is 2. The van der Waals surface area contributed by atoms with Crippen molar-refractivity contribution in [1.29, 1.82) is 0 Å². The van der Waals surface area contributed by atoms with Crippen molar-refractivity contribution < 1.29 is 16.8 Å². The largest absolute Gasteiger partial charge is 0.284 e. The summed E-state index contributed by atoms with van der Waals surface area (Å²) in [6.45, 7) is 0. The fourth-order valence-electron chi connectivity index (χ4n) is 1.63. The molecule has 0 aliphatic heterocycles. The molecule has 0 saturated heterocycles. The van der Waals surface area contributed by atoms with Gasteiger partial charge in [0, 0.05) is 11.4 Å². The molecule has 0 aromatic heterocycles. The molecule has 0 atom stereocenters. The zero-order valence-corrected chi connectivity index (χ0v) is 12.8. The standard InChI is InChI=1S/C13H14N2O4S2/c1-20(16,17)14-11-7-9-12(10-8-11)15-21(18,19)13-5-3-2-4-6-13/h2-10,14-15H,1H3. The van der Waals surface area contributed by atoms with Gasteiger partial charge in [-0.25, -0.2) is 16.8 Å². The minimum Gasteiger partial charge on any atom is -0.284 e. The number of sulfonamides is 2. The van der Waals surface area contributed by atoms with Crippen LogP contribution in [-0.4, -0.2) is 23.1 Å². The summed E-state index contributed by atoms with van der Waals surface area (Å²) in [5, 5.41) is 0. The van der Waals surface area contributed by atoms with Crippen molar-refractivity contribution in [3.8, 4) is 0 Å². The smallest absolute Gasteiger partial charge is 0.261 e. The molecule has 0 heterocycles. The molecule has 0 aliphatic rings. The Morgan fingerprint density at radius 2 is 1.19 bits per heavy atom. The maximum Gasteiger partial charge on any atom is 0.261 e. The minimum absolute atomic E-state index is 0.156. The second kappa shape index (κ2) is 5.74. The van der Waals surface area contributed by atoms with E-state index in [-0.39, 0.29) is 4.90 Å². The molecular formula is C13H14N2O4S2. The van der Waals surface area contributed by atoms with Crippen LogP contribution in [0.25, 0.3) is 0 Å². The molecule has 21 heavy (non-hydrogen) atoms. The van der Waals surface area contributed by atoms with E-state index in [1.54, 1.807) is 18.2 Å². The summed E-state index contributed by atoms with van der Waals surface area (Å²) in [4.78, 5) is 0.156. The van der Waals surface area contributed by atoms with Gasteiger partial charge in [0.05, 0.1) is 11.2 Å². The monoisotopic (exact) mass is 326 g/mol. The van der Waals surface area contributed by atoms with Gasteiger partial charge >= 0.3 is 0 Å². The molecule has 2 aromatic rings. The zero-order chi connectivity index (χ0) is 15.5. The maximum atomic E-state index is 12.1. The fourth-order valence-corrected chi connectivity index (χ4v) is 3.28. The van der Waals surface area contributed by atoms with E-state index in [4.69, 9.17) is 0 Å². The Hall–Kier alpha value is -2.06. The molecule has 2 aromatic carbocycles. The first kappa shape index (κ1) is 15.3. The lowest BCUT2D eigenvalue weighted by molar-refractivity contribution is 0.600. The van der Waals surface area contributed by atoms with Crippen LogP contribution in [0.5, 0.6) is 0 Å². The minimum atomic E-state index is -3.65. The van der Waals surface area contributed by atoms with Crippen LogP contribution in [0.3, 0.4) is 0 Å². The average molecular weight is 326 g/mol. The van der Waals surface area contributed by atoms with Gasteiger partial charge < -0.3 is 0 Å². The van der Waals surface area contributed by atoms with Crippen LogP contribution in [0, 0.1) is 0 Å². The van der Waals surface area contributed by atoms with E-state index >= 15 is 0 Å². The average Bonchev–Trinajstić information content (AvgIpc) is 2.40. The van der Waals surface area contributed by atoms with Crippen molar-refractivity contribution in [2.75, 3.05) is 15.7 Å². The first-order valence-electron chi connectivity index (χ1n) is 5.92. The molecule has 2 rings (SSSR count). The predicted molar refractivity (Wildman–Crippen MR) is 82.2 cm³/mol. The molecular weight excluding hydrogens is 312 g/mol. The Kier molecular flexibility index (Phi) is 4.19. The number of hydrogen-bond acceptors (Lipinski definition) is 4. The lowest BCUT2D eigenvalue weighted by Crippen LogP contribution is -2.13. The van der Waals surface area contributed by atoms with Gasteiger partial charge in [-0.3, -0.25) is 9.44 Å². The summed E-state index contributed by atoms with van der Waals surface area (Å²) in [5.41, 5.74) is 0.707. The summed E-state index contributed by atoms with van der Waals surface area (Å²) in [6, 6.07) is 13.9. The van der Waals surface area contributed by atoms with Gasteiger partial charge in [-0.15, -0.1) is 0 Å². The van der Waals surface area contributed by atoms with Crippen LogP contribution >= 0.6 is 0 Å². The Morgan fingerprint density at radius 3 is 1.67 bits per heavy atom. The summed E-state index contributed by atoms with van der Waals surface area (Å²) in [7, 11) is -7.01. The van der Waals surface area contributed by atoms with E-state index < -0.39 is 20.0 Å². The highest BCUT2D eigenvalue weighted by Crippen LogP contribution is 2.18. The van der Waals surface area contributed by atoms with Crippen molar-refractivity contribution in [2.24, 2.45) is 0 Å². The fraction of sp³-hybridized carbons (Fsp3) is 0.0769. The maximum absolute atomic E-state index is 12.1.